The van der Waals surface area contributed by atoms with Crippen molar-refractivity contribution in [3.63, 3.8) is 0 Å². The van der Waals surface area contributed by atoms with Gasteiger partial charge in [-0.15, -0.1) is 0 Å². The fourth-order valence-corrected chi connectivity index (χ4v) is 3.89. The second-order valence-electron chi connectivity index (χ2n) is 8.43. The molecule has 3 atom stereocenters. The lowest BCUT2D eigenvalue weighted by atomic mass is 9.99. The van der Waals surface area contributed by atoms with E-state index >= 15 is 0 Å². The van der Waals surface area contributed by atoms with E-state index in [1.165, 1.54) is 5.56 Å². The Morgan fingerprint density at radius 1 is 1.35 bits per heavy atom. The van der Waals surface area contributed by atoms with E-state index in [1.54, 1.807) is 11.1 Å². The Hall–Kier alpha value is -2.70. The van der Waals surface area contributed by atoms with Gasteiger partial charge in [-0.3, -0.25) is 9.69 Å². The average Bonchev–Trinajstić information content (AvgIpc) is 2.77. The number of nitrogens with zero attached hydrogens (tertiary/aromatic N) is 3. The first-order valence-corrected chi connectivity index (χ1v) is 10.9. The summed E-state index contributed by atoms with van der Waals surface area (Å²) in [6.07, 6.45) is 5.40. The quantitative estimate of drug-likeness (QED) is 0.739. The molecule has 1 aromatic heterocycles. The molecule has 0 bridgehead atoms. The normalized spacial score (nSPS) is 20.3. The Morgan fingerprint density at radius 3 is 2.77 bits per heavy atom. The predicted octanol–water partition coefficient (Wildman–Crippen LogP) is 3.47. The van der Waals surface area contributed by atoms with Crippen LogP contribution in [0.1, 0.15) is 42.3 Å². The first kappa shape index (κ1) is 23.0. The molecule has 0 fully saturated rings. The highest BCUT2D eigenvalue weighted by Crippen LogP contribution is 2.27. The third-order valence-electron chi connectivity index (χ3n) is 5.69. The molecule has 1 aromatic carbocycles. The molecular weight excluding hydrogens is 390 g/mol. The van der Waals surface area contributed by atoms with Gasteiger partial charge in [0.1, 0.15) is 11.7 Å². The molecule has 0 unspecified atom stereocenters. The molecule has 6 nitrogen and oxygen atoms in total. The third kappa shape index (κ3) is 5.71. The number of carbonyl (C=O) groups excluding carboxylic acids is 1. The molecule has 0 radical (unpaired) electrons. The number of ether oxygens (including phenoxy) is 1. The standard InChI is InChI=1S/C25H33N3O3/c1-5-9-21-12-22-24(26-13-21)31-23(16-27(4)15-20-10-7-6-8-11-20)18(2)14-28(25(22)30)19(3)17-29/h5-13,18-19,23,29H,14-17H2,1-4H3/b9-5+/t18-,19-,23+/m0/s1. The number of aliphatic hydroxyl groups excluding tert-OH is 1. The number of allylic oxidation sites excluding steroid dienone is 1. The number of carbonyl (C=O) groups is 1. The number of hydrogen-bond donors (Lipinski definition) is 1. The smallest absolute Gasteiger partial charge is 0.259 e. The molecule has 0 spiro atoms. The van der Waals surface area contributed by atoms with E-state index < -0.39 is 0 Å². The number of aromatic nitrogens is 1. The summed E-state index contributed by atoms with van der Waals surface area (Å²) in [7, 11) is 2.07. The highest BCUT2D eigenvalue weighted by molar-refractivity contribution is 5.97. The van der Waals surface area contributed by atoms with Gasteiger partial charge in [-0.2, -0.15) is 0 Å². The van der Waals surface area contributed by atoms with E-state index in [4.69, 9.17) is 4.74 Å². The Labute approximate surface area is 185 Å². The summed E-state index contributed by atoms with van der Waals surface area (Å²) in [4.78, 5) is 21.8. The van der Waals surface area contributed by atoms with E-state index in [9.17, 15) is 9.90 Å². The number of aliphatic hydroxyl groups is 1. The van der Waals surface area contributed by atoms with Gasteiger partial charge in [-0.25, -0.2) is 4.98 Å². The second kappa shape index (κ2) is 10.6. The summed E-state index contributed by atoms with van der Waals surface area (Å²) in [5, 5.41) is 9.76. The molecule has 0 saturated carbocycles. The zero-order valence-corrected chi connectivity index (χ0v) is 18.9. The van der Waals surface area contributed by atoms with Crippen molar-refractivity contribution in [1.82, 2.24) is 14.8 Å². The SMILES string of the molecule is C/C=C/c1cnc2c(c1)C(=O)N([C@@H](C)CO)C[C@H](C)[C@@H](CN(C)Cc1ccccc1)O2. The minimum absolute atomic E-state index is 0.0707. The number of hydrogen-bond acceptors (Lipinski definition) is 5. The minimum Gasteiger partial charge on any atom is -0.472 e. The number of fused-ring (bicyclic) bond motifs is 1. The molecule has 1 N–H and O–H groups in total. The van der Waals surface area contributed by atoms with Gasteiger partial charge in [0.2, 0.25) is 5.88 Å². The van der Waals surface area contributed by atoms with Crippen molar-refractivity contribution in [3.8, 4) is 5.88 Å². The Balaban J connectivity index is 1.89. The Morgan fingerprint density at radius 2 is 2.10 bits per heavy atom. The van der Waals surface area contributed by atoms with Crippen molar-refractivity contribution in [2.45, 2.75) is 39.5 Å². The highest BCUT2D eigenvalue weighted by atomic mass is 16.5. The summed E-state index contributed by atoms with van der Waals surface area (Å²) in [5.41, 5.74) is 2.53. The van der Waals surface area contributed by atoms with Crippen LogP contribution in [0.5, 0.6) is 5.88 Å². The summed E-state index contributed by atoms with van der Waals surface area (Å²) < 4.78 is 6.34. The summed E-state index contributed by atoms with van der Waals surface area (Å²) >= 11 is 0. The van der Waals surface area contributed by atoms with Gasteiger partial charge in [-0.05, 0) is 38.1 Å². The molecule has 2 aromatic rings. The molecular formula is C25H33N3O3. The molecule has 1 aliphatic rings. The minimum atomic E-state index is -0.283. The molecule has 1 amide bonds. The summed E-state index contributed by atoms with van der Waals surface area (Å²) in [6, 6.07) is 11.9. The van der Waals surface area contributed by atoms with Crippen LogP contribution >= 0.6 is 0 Å². The van der Waals surface area contributed by atoms with E-state index in [0.29, 0.717) is 24.5 Å². The van der Waals surface area contributed by atoms with Crippen molar-refractivity contribution in [2.24, 2.45) is 5.92 Å². The lowest BCUT2D eigenvalue weighted by molar-refractivity contribution is 0.0325. The van der Waals surface area contributed by atoms with Crippen LogP contribution in [0.25, 0.3) is 6.08 Å². The lowest BCUT2D eigenvalue weighted by Gasteiger charge is -2.37. The second-order valence-corrected chi connectivity index (χ2v) is 8.43. The highest BCUT2D eigenvalue weighted by Gasteiger charge is 2.34. The number of benzene rings is 1. The maximum atomic E-state index is 13.3. The van der Waals surface area contributed by atoms with Crippen LogP contribution in [-0.4, -0.2) is 64.7 Å². The van der Waals surface area contributed by atoms with Crippen molar-refractivity contribution < 1.29 is 14.6 Å². The molecule has 3 rings (SSSR count). The zero-order chi connectivity index (χ0) is 22.4. The maximum absolute atomic E-state index is 13.3. The van der Waals surface area contributed by atoms with E-state index in [1.807, 2.05) is 50.3 Å². The monoisotopic (exact) mass is 423 g/mol. The molecule has 6 heteroatoms. The molecule has 0 saturated heterocycles. The van der Waals surface area contributed by atoms with Gasteiger partial charge in [0.15, 0.2) is 0 Å². The fraction of sp³-hybridized carbons (Fsp3) is 0.440. The predicted molar refractivity (Wildman–Crippen MR) is 123 cm³/mol. The molecule has 31 heavy (non-hydrogen) atoms. The van der Waals surface area contributed by atoms with Crippen molar-refractivity contribution in [2.75, 3.05) is 26.7 Å². The van der Waals surface area contributed by atoms with Crippen LogP contribution in [0.3, 0.4) is 0 Å². The summed E-state index contributed by atoms with van der Waals surface area (Å²) in [6.45, 7) is 7.81. The number of pyridine rings is 1. The van der Waals surface area contributed by atoms with E-state index in [2.05, 4.69) is 36.0 Å². The first-order chi connectivity index (χ1) is 14.9. The van der Waals surface area contributed by atoms with Gasteiger partial charge in [-0.1, -0.05) is 49.4 Å². The van der Waals surface area contributed by atoms with Crippen LogP contribution in [0.15, 0.2) is 48.7 Å². The van der Waals surface area contributed by atoms with Crippen LogP contribution in [0.4, 0.5) is 0 Å². The molecule has 0 aliphatic carbocycles. The van der Waals surface area contributed by atoms with E-state index in [0.717, 1.165) is 12.1 Å². The van der Waals surface area contributed by atoms with Gasteiger partial charge in [0.25, 0.3) is 5.91 Å². The number of amides is 1. The zero-order valence-electron chi connectivity index (χ0n) is 18.9. The molecule has 1 aliphatic heterocycles. The van der Waals surface area contributed by atoms with Gasteiger partial charge < -0.3 is 14.7 Å². The van der Waals surface area contributed by atoms with Crippen molar-refractivity contribution in [1.29, 1.82) is 0 Å². The van der Waals surface area contributed by atoms with Gasteiger partial charge in [0.05, 0.1) is 12.6 Å². The van der Waals surface area contributed by atoms with Gasteiger partial charge in [0, 0.05) is 31.7 Å². The first-order valence-electron chi connectivity index (χ1n) is 10.9. The maximum Gasteiger partial charge on any atom is 0.259 e. The van der Waals surface area contributed by atoms with E-state index in [-0.39, 0.29) is 30.6 Å². The Kier molecular flexibility index (Phi) is 7.82. The van der Waals surface area contributed by atoms with Crippen LogP contribution in [0, 0.1) is 5.92 Å². The van der Waals surface area contributed by atoms with Crippen LogP contribution < -0.4 is 4.74 Å². The van der Waals surface area contributed by atoms with Gasteiger partial charge >= 0.3 is 0 Å². The molecule has 166 valence electrons. The van der Waals surface area contributed by atoms with Crippen LogP contribution in [-0.2, 0) is 6.54 Å². The third-order valence-corrected chi connectivity index (χ3v) is 5.69. The fourth-order valence-electron chi connectivity index (χ4n) is 3.89. The lowest BCUT2D eigenvalue weighted by Crippen LogP contribution is -2.49. The topological polar surface area (TPSA) is 65.9 Å². The molecule has 2 heterocycles. The summed E-state index contributed by atoms with van der Waals surface area (Å²) in [5.74, 6) is 0.276. The van der Waals surface area contributed by atoms with Crippen molar-refractivity contribution >= 4 is 12.0 Å². The number of likely N-dealkylation sites (N-methyl/N-ethyl adjacent to an activating group) is 1. The van der Waals surface area contributed by atoms with Crippen molar-refractivity contribution in [3.05, 3.63) is 65.4 Å². The number of rotatable bonds is 7. The Bertz CT molecular complexity index is 900. The van der Waals surface area contributed by atoms with Crippen LogP contribution in [0.2, 0.25) is 0 Å². The largest absolute Gasteiger partial charge is 0.472 e. The average molecular weight is 424 g/mol.